The second-order valence-electron chi connectivity index (χ2n) is 12.4. The van der Waals surface area contributed by atoms with Crippen LogP contribution in [0.1, 0.15) is 23.0 Å². The second-order valence-corrected chi connectivity index (χ2v) is 12.4. The molecule has 0 unspecified atom stereocenters. The number of hydrogen-bond acceptors (Lipinski definition) is 8. The van der Waals surface area contributed by atoms with Crippen molar-refractivity contribution in [2.75, 3.05) is 60.9 Å². The molecule has 0 aromatic heterocycles. The van der Waals surface area contributed by atoms with Gasteiger partial charge in [-0.1, -0.05) is 48.5 Å². The summed E-state index contributed by atoms with van der Waals surface area (Å²) in [6.07, 6.45) is -2.58. The molecule has 0 spiro atoms. The fraction of sp³-hybridized carbons (Fsp3) is 0.222. The summed E-state index contributed by atoms with van der Waals surface area (Å²) >= 11 is 0. The highest BCUT2D eigenvalue weighted by molar-refractivity contribution is 6.21. The average molecular weight is 585 g/mol. The van der Waals surface area contributed by atoms with E-state index in [0.29, 0.717) is 55.4 Å². The number of benzene rings is 6. The number of anilines is 6. The van der Waals surface area contributed by atoms with Crippen molar-refractivity contribution in [2.45, 2.75) is 24.0 Å². The molecule has 1 aliphatic carbocycles. The predicted molar refractivity (Wildman–Crippen MR) is 182 cm³/mol. The van der Waals surface area contributed by atoms with Crippen molar-refractivity contribution in [1.82, 2.24) is 0 Å². The maximum atomic E-state index is 14.7. The van der Waals surface area contributed by atoms with Gasteiger partial charge in [-0.25, -0.2) is 0 Å². The summed E-state index contributed by atoms with van der Waals surface area (Å²) in [4.78, 5) is 4.05. The first-order valence-corrected chi connectivity index (χ1v) is 14.7. The van der Waals surface area contributed by atoms with Gasteiger partial charge in [-0.3, -0.25) is 0 Å². The van der Waals surface area contributed by atoms with Gasteiger partial charge in [0.25, 0.3) is 0 Å². The van der Waals surface area contributed by atoms with Crippen LogP contribution in [0, 0.1) is 0 Å². The van der Waals surface area contributed by atoms with Gasteiger partial charge in [0.2, 0.25) is 0 Å². The summed E-state index contributed by atoms with van der Waals surface area (Å²) in [5.74, 6) is -1.77. The highest BCUT2D eigenvalue weighted by Gasteiger charge is 2.43. The molecular formula is C36H36N6O2-2. The monoisotopic (exact) mass is 584 g/mol. The molecule has 1 saturated carbocycles. The van der Waals surface area contributed by atoms with Gasteiger partial charge in [-0.2, -0.15) is 0 Å². The molecule has 8 heteroatoms. The Hall–Kier alpha value is -4.92. The van der Waals surface area contributed by atoms with E-state index in [2.05, 4.69) is 0 Å². The van der Waals surface area contributed by atoms with Crippen molar-refractivity contribution < 1.29 is 10.2 Å². The van der Waals surface area contributed by atoms with Gasteiger partial charge in [0, 0.05) is 94.0 Å². The van der Waals surface area contributed by atoms with Crippen molar-refractivity contribution in [3.05, 3.63) is 83.9 Å². The quantitative estimate of drug-likeness (QED) is 0.178. The van der Waals surface area contributed by atoms with E-state index >= 15 is 0 Å². The van der Waals surface area contributed by atoms with Crippen molar-refractivity contribution >= 4 is 77.2 Å². The van der Waals surface area contributed by atoms with Crippen LogP contribution < -0.4 is 42.9 Å². The normalized spacial score (nSPS) is 20.0. The third-order valence-electron chi connectivity index (χ3n) is 9.46. The van der Waals surface area contributed by atoms with Gasteiger partial charge in [-0.05, 0) is 47.2 Å². The van der Waals surface area contributed by atoms with E-state index < -0.39 is 24.0 Å². The smallest absolute Gasteiger partial charge is 0.0522 e. The first-order valence-electron chi connectivity index (χ1n) is 14.7. The lowest BCUT2D eigenvalue weighted by molar-refractivity contribution is -0.535. The van der Waals surface area contributed by atoms with E-state index in [-0.39, 0.29) is 0 Å². The molecule has 0 radical (unpaired) electrons. The van der Waals surface area contributed by atoms with E-state index in [0.717, 1.165) is 32.9 Å². The van der Waals surface area contributed by atoms with Crippen LogP contribution in [-0.4, -0.2) is 40.4 Å². The van der Waals surface area contributed by atoms with Crippen LogP contribution in [0.4, 0.5) is 34.1 Å². The highest BCUT2D eigenvalue weighted by Crippen LogP contribution is 2.56. The van der Waals surface area contributed by atoms with Gasteiger partial charge < -0.3 is 42.9 Å². The number of hydrogen-bond donors (Lipinski definition) is 4. The van der Waals surface area contributed by atoms with E-state index in [9.17, 15) is 10.2 Å². The summed E-state index contributed by atoms with van der Waals surface area (Å²) in [7, 11) is 7.87. The molecular weight excluding hydrogens is 548 g/mol. The Morgan fingerprint density at radius 3 is 0.932 bits per heavy atom. The molecule has 0 atom stereocenters. The van der Waals surface area contributed by atoms with Crippen LogP contribution in [0.5, 0.6) is 0 Å². The van der Waals surface area contributed by atoms with Crippen LogP contribution in [-0.2, 0) is 0 Å². The molecule has 0 saturated heterocycles. The molecule has 1 fully saturated rings. The molecule has 44 heavy (non-hydrogen) atoms. The predicted octanol–water partition coefficient (Wildman–Crippen LogP) is 4.10. The van der Waals surface area contributed by atoms with Crippen LogP contribution >= 0.6 is 0 Å². The van der Waals surface area contributed by atoms with Gasteiger partial charge in [0.1, 0.15) is 0 Å². The van der Waals surface area contributed by atoms with Crippen LogP contribution in [0.2, 0.25) is 0 Å². The SMILES string of the molecule is CN(C)c1c2cccc(N)c2c(C2C([O-])C(c3c4c(N)cccc4c(N(C)C)c4cccc(N)c34)C2[O-])c2c(N)cccc12. The molecule has 8 nitrogen and oxygen atoms in total. The molecule has 7 rings (SSSR count). The van der Waals surface area contributed by atoms with Crippen LogP contribution in [0.15, 0.2) is 72.8 Å². The maximum Gasteiger partial charge on any atom is 0.0522 e. The number of fused-ring (bicyclic) bond motifs is 4. The van der Waals surface area contributed by atoms with Crippen molar-refractivity contribution in [3.63, 3.8) is 0 Å². The number of nitrogen functional groups attached to an aromatic ring is 4. The number of nitrogens with two attached hydrogens (primary N) is 4. The molecule has 0 amide bonds. The molecule has 8 N–H and O–H groups in total. The van der Waals surface area contributed by atoms with E-state index in [1.165, 1.54) is 0 Å². The lowest BCUT2D eigenvalue weighted by atomic mass is 9.60. The zero-order valence-corrected chi connectivity index (χ0v) is 25.3. The van der Waals surface area contributed by atoms with Crippen molar-refractivity contribution in [3.8, 4) is 0 Å². The summed E-state index contributed by atoms with van der Waals surface area (Å²) in [6, 6.07) is 22.8. The van der Waals surface area contributed by atoms with Gasteiger partial charge in [-0.15, -0.1) is 12.2 Å². The fourth-order valence-electron chi connectivity index (χ4n) is 7.78. The standard InChI is InChI=1S/C36H36N6O2/c1-41(2)33-17-9-5-13-21(37)25(17)29(26-18(33)10-6-14-22(26)38)31-35(43)32(36(31)44)30-27-19(11-7-15-23(27)39)34(42(3)4)20-12-8-16-24(40)28(20)30/h5-16,31-32,35-36H,37-40H2,1-4H3/q-2. The minimum absolute atomic E-state index is 0.508. The van der Waals surface area contributed by atoms with Crippen LogP contribution in [0.3, 0.4) is 0 Å². The van der Waals surface area contributed by atoms with Crippen molar-refractivity contribution in [1.29, 1.82) is 0 Å². The van der Waals surface area contributed by atoms with Gasteiger partial charge in [0.05, 0.1) is 11.4 Å². The molecule has 0 heterocycles. The second kappa shape index (κ2) is 9.80. The molecule has 0 bridgehead atoms. The zero-order valence-electron chi connectivity index (χ0n) is 25.3. The topological polar surface area (TPSA) is 157 Å². The zero-order chi connectivity index (χ0) is 31.2. The Balaban J connectivity index is 1.54. The van der Waals surface area contributed by atoms with E-state index in [4.69, 9.17) is 22.9 Å². The fourth-order valence-corrected chi connectivity index (χ4v) is 7.78. The Morgan fingerprint density at radius 1 is 0.455 bits per heavy atom. The van der Waals surface area contributed by atoms with E-state index in [1.54, 1.807) is 0 Å². The maximum absolute atomic E-state index is 14.7. The summed E-state index contributed by atoms with van der Waals surface area (Å²) in [5, 5.41) is 35.8. The lowest BCUT2D eigenvalue weighted by Gasteiger charge is -2.62. The Labute approximate surface area is 256 Å². The lowest BCUT2D eigenvalue weighted by Crippen LogP contribution is -2.63. The highest BCUT2D eigenvalue weighted by atomic mass is 16.3. The molecule has 1 aliphatic rings. The molecule has 6 aromatic rings. The van der Waals surface area contributed by atoms with Crippen LogP contribution in [0.25, 0.3) is 43.1 Å². The Kier molecular flexibility index (Phi) is 6.21. The first-order chi connectivity index (χ1) is 21.0. The third kappa shape index (κ3) is 3.64. The Bertz CT molecular complexity index is 1850. The van der Waals surface area contributed by atoms with Gasteiger partial charge in [0.15, 0.2) is 0 Å². The summed E-state index contributed by atoms with van der Waals surface area (Å²) in [6.45, 7) is 0. The molecule has 224 valence electrons. The minimum Gasteiger partial charge on any atom is -0.851 e. The Morgan fingerprint density at radius 2 is 0.705 bits per heavy atom. The number of nitrogens with zero attached hydrogens (tertiary/aromatic N) is 2. The molecule has 0 aliphatic heterocycles. The number of rotatable bonds is 4. The summed E-state index contributed by atoms with van der Waals surface area (Å²) < 4.78 is 0. The van der Waals surface area contributed by atoms with E-state index in [1.807, 2.05) is 111 Å². The average Bonchev–Trinajstić information content (AvgIpc) is 2.96. The minimum atomic E-state index is -1.29. The van der Waals surface area contributed by atoms with Crippen molar-refractivity contribution in [2.24, 2.45) is 0 Å². The van der Waals surface area contributed by atoms with Gasteiger partial charge >= 0.3 is 0 Å². The molecule has 6 aromatic carbocycles. The summed E-state index contributed by atoms with van der Waals surface area (Å²) in [5.41, 5.74) is 31.8. The largest absolute Gasteiger partial charge is 0.851 e. The first kappa shape index (κ1) is 27.9. The third-order valence-corrected chi connectivity index (χ3v) is 9.46.